The number of carbonyl (C=O) groups excluding carboxylic acids is 1. The van der Waals surface area contributed by atoms with Crippen molar-refractivity contribution in [3.8, 4) is 0 Å². The van der Waals surface area contributed by atoms with Crippen molar-refractivity contribution in [2.45, 2.75) is 44.6 Å². The van der Waals surface area contributed by atoms with E-state index in [-0.39, 0.29) is 12.1 Å². The molecular formula is C20H28N6O2. The molecule has 0 radical (unpaired) electrons. The second-order valence-corrected chi connectivity index (χ2v) is 7.97. The Kier molecular flexibility index (Phi) is 4.80. The van der Waals surface area contributed by atoms with E-state index in [4.69, 9.17) is 14.8 Å². The Balaban J connectivity index is 1.25. The summed E-state index contributed by atoms with van der Waals surface area (Å²) in [5, 5.41) is 7.81. The van der Waals surface area contributed by atoms with E-state index >= 15 is 0 Å². The number of amides is 2. The third-order valence-corrected chi connectivity index (χ3v) is 6.17. The van der Waals surface area contributed by atoms with Crippen molar-refractivity contribution >= 4 is 17.4 Å². The zero-order valence-corrected chi connectivity index (χ0v) is 16.3. The Morgan fingerprint density at radius 2 is 2.04 bits per heavy atom. The summed E-state index contributed by atoms with van der Waals surface area (Å²) < 4.78 is 7.59. The fourth-order valence-electron chi connectivity index (χ4n) is 4.62. The second kappa shape index (κ2) is 7.58. The van der Waals surface area contributed by atoms with Crippen LogP contribution >= 0.6 is 0 Å². The van der Waals surface area contributed by atoms with Gasteiger partial charge in [-0.1, -0.05) is 0 Å². The summed E-state index contributed by atoms with van der Waals surface area (Å²) in [6, 6.07) is 0.0167. The first-order valence-electron chi connectivity index (χ1n) is 10.5. The van der Waals surface area contributed by atoms with Crippen molar-refractivity contribution in [1.29, 1.82) is 0 Å². The van der Waals surface area contributed by atoms with Gasteiger partial charge in [-0.25, -0.2) is 14.3 Å². The number of rotatable bonds is 3. The minimum Gasteiger partial charge on any atom is -0.376 e. The lowest BCUT2D eigenvalue weighted by molar-refractivity contribution is 0.108. The van der Waals surface area contributed by atoms with E-state index in [9.17, 15) is 4.79 Å². The van der Waals surface area contributed by atoms with Gasteiger partial charge in [-0.2, -0.15) is 5.10 Å². The number of ether oxygens (including phenoxy) is 1. The minimum absolute atomic E-state index is 0.0167. The fraction of sp³-hybridized carbons (Fsp3) is 0.650. The zero-order valence-electron chi connectivity index (χ0n) is 16.3. The van der Waals surface area contributed by atoms with Crippen molar-refractivity contribution < 1.29 is 9.53 Å². The monoisotopic (exact) mass is 384 g/mol. The van der Waals surface area contributed by atoms with Crippen LogP contribution in [0.5, 0.6) is 0 Å². The van der Waals surface area contributed by atoms with Crippen LogP contribution in [0.4, 0.5) is 10.6 Å². The Morgan fingerprint density at radius 1 is 1.18 bits per heavy atom. The second-order valence-electron chi connectivity index (χ2n) is 7.97. The van der Waals surface area contributed by atoms with Crippen LogP contribution in [0, 0.1) is 0 Å². The summed E-state index contributed by atoms with van der Waals surface area (Å²) in [5.41, 5.74) is 3.76. The maximum atomic E-state index is 12.5. The fourth-order valence-corrected chi connectivity index (χ4v) is 4.62. The molecule has 2 aromatic rings. The number of hydrogen-bond acceptors (Lipinski definition) is 5. The van der Waals surface area contributed by atoms with Crippen LogP contribution in [0.25, 0.3) is 5.52 Å². The van der Waals surface area contributed by atoms with E-state index in [2.05, 4.69) is 10.2 Å². The Labute approximate surface area is 164 Å². The lowest BCUT2D eigenvalue weighted by Gasteiger charge is -2.35. The molecule has 1 aliphatic carbocycles. The van der Waals surface area contributed by atoms with Gasteiger partial charge in [0.05, 0.1) is 11.8 Å². The van der Waals surface area contributed by atoms with Gasteiger partial charge in [-0.3, -0.25) is 0 Å². The molecule has 2 aromatic heterocycles. The molecule has 2 fully saturated rings. The number of nitrogens with zero attached hydrogens (tertiary/aromatic N) is 5. The molecule has 0 saturated carbocycles. The molecule has 0 aromatic carbocycles. The summed E-state index contributed by atoms with van der Waals surface area (Å²) in [5.74, 6) is 1.01. The van der Waals surface area contributed by atoms with Gasteiger partial charge in [0.2, 0.25) is 0 Å². The van der Waals surface area contributed by atoms with Crippen molar-refractivity contribution in [3.63, 3.8) is 0 Å². The number of carbonyl (C=O) groups is 1. The number of aryl methyl sites for hydroxylation is 2. The SMILES string of the molecule is O=C(NC[C@H]1CCCO1)N1CCN(c2nccn3nc4c(c23)CCCC4)CC1. The smallest absolute Gasteiger partial charge is 0.317 e. The van der Waals surface area contributed by atoms with Crippen molar-refractivity contribution in [1.82, 2.24) is 24.8 Å². The molecule has 1 atom stereocenters. The Hall–Kier alpha value is -2.35. The maximum absolute atomic E-state index is 12.5. The quantitative estimate of drug-likeness (QED) is 0.870. The molecule has 0 spiro atoms. The Morgan fingerprint density at radius 3 is 2.86 bits per heavy atom. The van der Waals surface area contributed by atoms with Gasteiger partial charge in [0.25, 0.3) is 0 Å². The highest BCUT2D eigenvalue weighted by Crippen LogP contribution is 2.30. The number of piperazine rings is 1. The van der Waals surface area contributed by atoms with Crippen LogP contribution in [0.15, 0.2) is 12.4 Å². The highest BCUT2D eigenvalue weighted by molar-refractivity contribution is 5.76. The van der Waals surface area contributed by atoms with Crippen LogP contribution in [0.2, 0.25) is 0 Å². The summed E-state index contributed by atoms with van der Waals surface area (Å²) in [6.45, 7) is 4.42. The van der Waals surface area contributed by atoms with Crippen molar-refractivity contribution in [2.24, 2.45) is 0 Å². The highest BCUT2D eigenvalue weighted by atomic mass is 16.5. The largest absolute Gasteiger partial charge is 0.376 e. The maximum Gasteiger partial charge on any atom is 0.317 e. The van der Waals surface area contributed by atoms with E-state index in [0.717, 1.165) is 56.7 Å². The molecule has 28 heavy (non-hydrogen) atoms. The number of aromatic nitrogens is 3. The van der Waals surface area contributed by atoms with Gasteiger partial charge < -0.3 is 19.9 Å². The third kappa shape index (κ3) is 3.30. The van der Waals surface area contributed by atoms with Gasteiger partial charge >= 0.3 is 6.03 Å². The van der Waals surface area contributed by atoms with Crippen LogP contribution in [-0.4, -0.2) is 71.0 Å². The highest BCUT2D eigenvalue weighted by Gasteiger charge is 2.27. The first-order chi connectivity index (χ1) is 13.8. The van der Waals surface area contributed by atoms with Gasteiger partial charge in [0, 0.05) is 57.3 Å². The van der Waals surface area contributed by atoms with E-state index in [0.29, 0.717) is 19.6 Å². The Bertz CT molecular complexity index is 852. The predicted molar refractivity (Wildman–Crippen MR) is 106 cm³/mol. The molecule has 2 amide bonds. The first kappa shape index (κ1) is 17.7. The van der Waals surface area contributed by atoms with Crippen LogP contribution in [0.3, 0.4) is 0 Å². The molecule has 2 saturated heterocycles. The molecule has 8 nitrogen and oxygen atoms in total. The molecule has 8 heteroatoms. The molecule has 4 heterocycles. The average Bonchev–Trinajstić information content (AvgIpc) is 3.39. The lowest BCUT2D eigenvalue weighted by Crippen LogP contribution is -2.53. The predicted octanol–water partition coefficient (Wildman–Crippen LogP) is 1.62. The summed E-state index contributed by atoms with van der Waals surface area (Å²) in [6.07, 6.45) is 10.7. The van der Waals surface area contributed by atoms with Crippen LogP contribution in [-0.2, 0) is 17.6 Å². The average molecular weight is 384 g/mol. The summed E-state index contributed by atoms with van der Waals surface area (Å²) in [4.78, 5) is 21.4. The molecule has 5 rings (SSSR count). The lowest BCUT2D eigenvalue weighted by atomic mass is 9.97. The van der Waals surface area contributed by atoms with Gasteiger partial charge in [0.15, 0.2) is 5.82 Å². The third-order valence-electron chi connectivity index (χ3n) is 6.17. The zero-order chi connectivity index (χ0) is 18.9. The van der Waals surface area contributed by atoms with Gasteiger partial charge in [-0.05, 0) is 38.5 Å². The van der Waals surface area contributed by atoms with Gasteiger partial charge in [-0.15, -0.1) is 0 Å². The summed E-state index contributed by atoms with van der Waals surface area (Å²) in [7, 11) is 0. The summed E-state index contributed by atoms with van der Waals surface area (Å²) >= 11 is 0. The number of hydrogen-bond donors (Lipinski definition) is 1. The molecule has 150 valence electrons. The number of nitrogens with one attached hydrogen (secondary N) is 1. The molecule has 0 bridgehead atoms. The van der Waals surface area contributed by atoms with Crippen molar-refractivity contribution in [2.75, 3.05) is 44.2 Å². The normalized spacial score (nSPS) is 22.5. The first-order valence-corrected chi connectivity index (χ1v) is 10.5. The molecular weight excluding hydrogens is 356 g/mol. The van der Waals surface area contributed by atoms with E-state index in [1.165, 1.54) is 24.1 Å². The van der Waals surface area contributed by atoms with Crippen LogP contribution < -0.4 is 10.2 Å². The van der Waals surface area contributed by atoms with E-state index in [1.54, 1.807) is 0 Å². The standard InChI is InChI=1S/C20H28N6O2/c27-20(22-14-15-4-3-13-28-15)25-11-9-24(10-12-25)19-18-16-5-1-2-6-17(16)23-26(18)8-7-21-19/h7-8,15H,1-6,9-14H2,(H,22,27)/t15-/m1/s1. The van der Waals surface area contributed by atoms with Crippen LogP contribution in [0.1, 0.15) is 36.9 Å². The minimum atomic E-state index is 0.0167. The van der Waals surface area contributed by atoms with E-state index < -0.39 is 0 Å². The van der Waals surface area contributed by atoms with Crippen molar-refractivity contribution in [3.05, 3.63) is 23.7 Å². The van der Waals surface area contributed by atoms with E-state index in [1.807, 2.05) is 21.8 Å². The number of urea groups is 1. The van der Waals surface area contributed by atoms with Gasteiger partial charge in [0.1, 0.15) is 5.52 Å². The number of fused-ring (bicyclic) bond motifs is 3. The molecule has 1 N–H and O–H groups in total. The molecule has 0 unspecified atom stereocenters. The topological polar surface area (TPSA) is 75.0 Å². The molecule has 3 aliphatic rings. The number of anilines is 1. The molecule has 2 aliphatic heterocycles.